The minimum atomic E-state index is -0.232. The molecule has 2 saturated heterocycles. The van der Waals surface area contributed by atoms with E-state index in [-0.39, 0.29) is 11.6 Å². The second-order valence-corrected chi connectivity index (χ2v) is 8.31. The summed E-state index contributed by atoms with van der Waals surface area (Å²) in [5, 5.41) is 3.90. The average Bonchev–Trinajstić information content (AvgIpc) is 2.96. The number of benzene rings is 2. The molecule has 2 heterocycles. The Bertz CT molecular complexity index is 950. The van der Waals surface area contributed by atoms with E-state index in [0.717, 1.165) is 31.4 Å². The first kappa shape index (κ1) is 20.5. The third-order valence-electron chi connectivity index (χ3n) is 5.99. The molecule has 0 amide bonds. The maximum atomic E-state index is 13.1. The van der Waals surface area contributed by atoms with E-state index >= 15 is 0 Å². The van der Waals surface area contributed by atoms with Crippen LogP contribution in [0, 0.1) is 5.82 Å². The van der Waals surface area contributed by atoms with Crippen molar-refractivity contribution in [2.24, 2.45) is 0 Å². The summed E-state index contributed by atoms with van der Waals surface area (Å²) in [5.41, 5.74) is 7.64. The molecule has 2 fully saturated rings. The molecule has 0 radical (unpaired) electrons. The van der Waals surface area contributed by atoms with Crippen LogP contribution in [-0.2, 0) is 0 Å². The summed E-state index contributed by atoms with van der Waals surface area (Å²) >= 11 is 6.06. The fraction of sp³-hybridized carbons (Fsp3) is 0.348. The zero-order chi connectivity index (χ0) is 21.3. The van der Waals surface area contributed by atoms with Crippen LogP contribution < -0.4 is 15.8 Å². The highest BCUT2D eigenvalue weighted by Crippen LogP contribution is 2.37. The van der Waals surface area contributed by atoms with Gasteiger partial charge in [-0.25, -0.2) is 4.39 Å². The molecule has 2 aromatic carbocycles. The van der Waals surface area contributed by atoms with Gasteiger partial charge in [0.05, 0.1) is 12.1 Å². The van der Waals surface area contributed by atoms with Gasteiger partial charge in [-0.1, -0.05) is 11.6 Å². The van der Waals surface area contributed by atoms with Crippen molar-refractivity contribution >= 4 is 28.8 Å². The third-order valence-corrected chi connectivity index (χ3v) is 6.29. The van der Waals surface area contributed by atoms with E-state index in [2.05, 4.69) is 10.2 Å². The molecule has 3 N–H and O–H groups in total. The molecule has 0 saturated carbocycles. The van der Waals surface area contributed by atoms with Crippen LogP contribution in [0.2, 0.25) is 5.02 Å². The molecular formula is C23H25ClFN3O2. The molecule has 4 rings (SSSR count). The Morgan fingerprint density at radius 3 is 2.53 bits per heavy atom. The second-order valence-electron chi connectivity index (χ2n) is 7.91. The number of halogens is 2. The molecule has 0 spiro atoms. The lowest BCUT2D eigenvalue weighted by Gasteiger charge is -2.39. The summed E-state index contributed by atoms with van der Waals surface area (Å²) < 4.78 is 18.3. The molecule has 7 heteroatoms. The normalized spacial score (nSPS) is 23.0. The highest BCUT2D eigenvalue weighted by Gasteiger charge is 2.39. The summed E-state index contributed by atoms with van der Waals surface area (Å²) in [6.45, 7) is 0. The van der Waals surface area contributed by atoms with Gasteiger partial charge in [0.25, 0.3) is 0 Å². The van der Waals surface area contributed by atoms with E-state index in [1.807, 2.05) is 6.20 Å². The van der Waals surface area contributed by atoms with Crippen LogP contribution in [0.5, 0.6) is 5.75 Å². The number of anilines is 2. The molecule has 5 nitrogen and oxygen atoms in total. The fourth-order valence-corrected chi connectivity index (χ4v) is 4.79. The van der Waals surface area contributed by atoms with Gasteiger partial charge in [0.2, 0.25) is 0 Å². The molecule has 1 unspecified atom stereocenters. The SMILES string of the molecule is COc1cc(C(=O)C=CN2[C@@H]3CC[C@H]2CC(Nc2ccc(F)cc2)C3)c(N)cc1Cl. The molecular weight excluding hydrogens is 405 g/mol. The second kappa shape index (κ2) is 8.56. The molecule has 30 heavy (non-hydrogen) atoms. The number of nitrogen functional groups attached to an aromatic ring is 1. The van der Waals surface area contributed by atoms with Crippen molar-refractivity contribution in [3.8, 4) is 5.75 Å². The van der Waals surface area contributed by atoms with Crippen molar-refractivity contribution < 1.29 is 13.9 Å². The van der Waals surface area contributed by atoms with E-state index in [9.17, 15) is 9.18 Å². The van der Waals surface area contributed by atoms with Crippen molar-refractivity contribution in [3.63, 3.8) is 0 Å². The number of ketones is 1. The highest BCUT2D eigenvalue weighted by molar-refractivity contribution is 6.32. The molecule has 0 aromatic heterocycles. The van der Waals surface area contributed by atoms with E-state index in [4.69, 9.17) is 22.1 Å². The first-order valence-corrected chi connectivity index (χ1v) is 10.5. The van der Waals surface area contributed by atoms with Gasteiger partial charge in [-0.15, -0.1) is 0 Å². The number of nitrogens with one attached hydrogen (secondary N) is 1. The Morgan fingerprint density at radius 2 is 1.90 bits per heavy atom. The van der Waals surface area contributed by atoms with Crippen molar-refractivity contribution in [3.05, 3.63) is 65.1 Å². The van der Waals surface area contributed by atoms with E-state index in [1.165, 1.54) is 25.3 Å². The maximum Gasteiger partial charge on any atom is 0.189 e. The Labute approximate surface area is 180 Å². The number of nitrogens with two attached hydrogens (primary N) is 1. The molecule has 2 bridgehead atoms. The zero-order valence-electron chi connectivity index (χ0n) is 16.8. The standard InChI is InChI=1S/C23H25ClFN3O2/c1-30-23-12-19(21(26)13-20(23)24)22(29)8-9-28-17-6-7-18(28)11-16(10-17)27-15-4-2-14(25)3-5-15/h2-5,8-9,12-13,16-18,27H,6-7,10-11,26H2,1H3/t16?,17-,18+. The third kappa shape index (κ3) is 4.24. The van der Waals surface area contributed by atoms with Crippen LogP contribution >= 0.6 is 11.6 Å². The van der Waals surface area contributed by atoms with Gasteiger partial charge in [0.15, 0.2) is 5.78 Å². The fourth-order valence-electron chi connectivity index (χ4n) is 4.54. The van der Waals surface area contributed by atoms with Crippen LogP contribution in [0.3, 0.4) is 0 Å². The number of ether oxygens (including phenoxy) is 1. The topological polar surface area (TPSA) is 67.6 Å². The molecule has 3 atom stereocenters. The average molecular weight is 430 g/mol. The summed E-state index contributed by atoms with van der Waals surface area (Å²) in [7, 11) is 1.50. The number of hydrogen-bond donors (Lipinski definition) is 2. The zero-order valence-corrected chi connectivity index (χ0v) is 17.5. The minimum absolute atomic E-state index is 0.173. The Kier molecular flexibility index (Phi) is 5.86. The Balaban J connectivity index is 1.42. The predicted octanol–water partition coefficient (Wildman–Crippen LogP) is 4.87. The number of carbonyl (C=O) groups is 1. The van der Waals surface area contributed by atoms with E-state index in [1.54, 1.807) is 24.3 Å². The number of piperidine rings is 1. The quantitative estimate of drug-likeness (QED) is 0.389. The number of allylic oxidation sites excluding steroid dienone is 1. The van der Waals surface area contributed by atoms with Gasteiger partial charge in [-0.2, -0.15) is 0 Å². The van der Waals surface area contributed by atoms with Gasteiger partial charge in [0, 0.05) is 47.3 Å². The first-order valence-electron chi connectivity index (χ1n) is 10.1. The smallest absolute Gasteiger partial charge is 0.189 e. The maximum absolute atomic E-state index is 13.1. The number of methoxy groups -OCH3 is 1. The van der Waals surface area contributed by atoms with Crippen LogP contribution in [-0.4, -0.2) is 35.9 Å². The van der Waals surface area contributed by atoms with Crippen LogP contribution in [0.15, 0.2) is 48.7 Å². The molecule has 0 aliphatic carbocycles. The first-order chi connectivity index (χ1) is 14.4. The number of hydrogen-bond acceptors (Lipinski definition) is 5. The lowest BCUT2D eigenvalue weighted by molar-refractivity contribution is 0.104. The van der Waals surface area contributed by atoms with E-state index < -0.39 is 0 Å². The molecule has 2 aliphatic rings. The van der Waals surface area contributed by atoms with Gasteiger partial charge in [-0.05, 0) is 62.1 Å². The lowest BCUT2D eigenvalue weighted by atomic mass is 9.97. The van der Waals surface area contributed by atoms with Crippen LogP contribution in [0.25, 0.3) is 0 Å². The number of rotatable bonds is 6. The number of nitrogens with zero attached hydrogens (tertiary/aromatic N) is 1. The van der Waals surface area contributed by atoms with Gasteiger partial charge in [-0.3, -0.25) is 4.79 Å². The van der Waals surface area contributed by atoms with Crippen molar-refractivity contribution in [2.45, 2.75) is 43.8 Å². The predicted molar refractivity (Wildman–Crippen MR) is 118 cm³/mol. The summed E-state index contributed by atoms with van der Waals surface area (Å²) in [6, 6.07) is 10.7. The highest BCUT2D eigenvalue weighted by atomic mass is 35.5. The minimum Gasteiger partial charge on any atom is -0.495 e. The van der Waals surface area contributed by atoms with Gasteiger partial charge in [0.1, 0.15) is 11.6 Å². The van der Waals surface area contributed by atoms with Crippen LogP contribution in [0.4, 0.5) is 15.8 Å². The monoisotopic (exact) mass is 429 g/mol. The Hall–Kier alpha value is -2.73. The summed E-state index contributed by atoms with van der Waals surface area (Å²) in [5.74, 6) is 0.0213. The molecule has 2 aromatic rings. The van der Waals surface area contributed by atoms with Gasteiger partial charge >= 0.3 is 0 Å². The van der Waals surface area contributed by atoms with Gasteiger partial charge < -0.3 is 20.7 Å². The lowest BCUT2D eigenvalue weighted by Crippen LogP contribution is -2.44. The van der Waals surface area contributed by atoms with E-state index in [0.29, 0.717) is 40.1 Å². The molecule has 2 aliphatic heterocycles. The number of fused-ring (bicyclic) bond motifs is 2. The summed E-state index contributed by atoms with van der Waals surface area (Å²) in [4.78, 5) is 15.0. The molecule has 158 valence electrons. The number of carbonyl (C=O) groups excluding carboxylic acids is 1. The van der Waals surface area contributed by atoms with Crippen molar-refractivity contribution in [1.29, 1.82) is 0 Å². The van der Waals surface area contributed by atoms with Crippen molar-refractivity contribution in [2.75, 3.05) is 18.2 Å². The van der Waals surface area contributed by atoms with Crippen molar-refractivity contribution in [1.82, 2.24) is 4.90 Å². The Morgan fingerprint density at radius 1 is 1.23 bits per heavy atom. The van der Waals surface area contributed by atoms with Crippen LogP contribution in [0.1, 0.15) is 36.0 Å². The largest absolute Gasteiger partial charge is 0.495 e. The summed E-state index contributed by atoms with van der Waals surface area (Å²) in [6.07, 6.45) is 7.63.